The van der Waals surface area contributed by atoms with Crippen molar-refractivity contribution in [3.63, 3.8) is 0 Å². The average Bonchev–Trinajstić information content (AvgIpc) is 3.12. The van der Waals surface area contributed by atoms with Crippen LogP contribution in [-0.4, -0.2) is 29.7 Å². The first-order valence-electron chi connectivity index (χ1n) is 9.05. The van der Waals surface area contributed by atoms with Crippen molar-refractivity contribution in [3.05, 3.63) is 58.4 Å². The van der Waals surface area contributed by atoms with Gasteiger partial charge in [-0.3, -0.25) is 4.90 Å². The van der Waals surface area contributed by atoms with Crippen LogP contribution in [0.4, 0.5) is 9.18 Å². The Morgan fingerprint density at radius 1 is 1.10 bits per heavy atom. The van der Waals surface area contributed by atoms with Crippen LogP contribution in [0.1, 0.15) is 47.8 Å². The Labute approximate surface area is 168 Å². The Balaban J connectivity index is 2.07. The summed E-state index contributed by atoms with van der Waals surface area (Å²) in [5, 5.41) is 9.15. The highest BCUT2D eigenvalue weighted by Gasteiger charge is 2.32. The van der Waals surface area contributed by atoms with Gasteiger partial charge in [0.2, 0.25) is 0 Å². The van der Waals surface area contributed by atoms with Crippen LogP contribution in [0.2, 0.25) is 0 Å². The third-order valence-corrected chi connectivity index (χ3v) is 4.57. The zero-order chi connectivity index (χ0) is 21.3. The van der Waals surface area contributed by atoms with Crippen LogP contribution in [0.25, 0.3) is 11.1 Å². The summed E-state index contributed by atoms with van der Waals surface area (Å²) in [5.74, 6) is -1.03. The Bertz CT molecular complexity index is 1030. The Hall–Kier alpha value is -3.40. The van der Waals surface area contributed by atoms with Gasteiger partial charge in [0.05, 0.1) is 37.4 Å². The fourth-order valence-corrected chi connectivity index (χ4v) is 3.29. The van der Waals surface area contributed by atoms with Gasteiger partial charge in [-0.25, -0.2) is 14.0 Å². The van der Waals surface area contributed by atoms with Gasteiger partial charge in [0, 0.05) is 5.56 Å². The van der Waals surface area contributed by atoms with Crippen molar-refractivity contribution < 1.29 is 23.5 Å². The van der Waals surface area contributed by atoms with Gasteiger partial charge < -0.3 is 9.47 Å². The van der Waals surface area contributed by atoms with E-state index >= 15 is 0 Å². The number of hydrogen-bond donors (Lipinski definition) is 0. The van der Waals surface area contributed by atoms with Crippen molar-refractivity contribution in [1.82, 2.24) is 4.90 Å². The van der Waals surface area contributed by atoms with Crippen LogP contribution in [0.3, 0.4) is 0 Å². The lowest BCUT2D eigenvalue weighted by Crippen LogP contribution is -2.33. The molecule has 2 aromatic rings. The molecule has 6 nitrogen and oxygen atoms in total. The second-order valence-corrected chi connectivity index (χ2v) is 7.75. The van der Waals surface area contributed by atoms with Gasteiger partial charge in [0.15, 0.2) is 0 Å². The van der Waals surface area contributed by atoms with Crippen molar-refractivity contribution >= 4 is 12.1 Å². The molecule has 1 aliphatic rings. The van der Waals surface area contributed by atoms with Gasteiger partial charge in [0.25, 0.3) is 0 Å². The number of nitrogens with zero attached hydrogens (tertiary/aromatic N) is 2. The molecule has 0 atom stereocenters. The SMILES string of the molecule is COC(=O)c1cc(C#N)ccc1-c1ccc(F)c2c1CN(C(=O)OC(C)(C)C)C2. The molecule has 1 heterocycles. The molecule has 1 amide bonds. The van der Waals surface area contributed by atoms with Crippen LogP contribution in [0.15, 0.2) is 30.3 Å². The van der Waals surface area contributed by atoms with Crippen molar-refractivity contribution in [2.75, 3.05) is 7.11 Å². The van der Waals surface area contributed by atoms with E-state index in [1.165, 1.54) is 24.1 Å². The molecule has 0 fully saturated rings. The average molecular weight is 396 g/mol. The van der Waals surface area contributed by atoms with Gasteiger partial charge >= 0.3 is 12.1 Å². The van der Waals surface area contributed by atoms with Crippen molar-refractivity contribution in [2.45, 2.75) is 39.5 Å². The molecular formula is C22H21FN2O4. The molecule has 0 unspecified atom stereocenters. The molecule has 0 spiro atoms. The van der Waals surface area contributed by atoms with E-state index < -0.39 is 23.5 Å². The Morgan fingerprint density at radius 2 is 1.76 bits per heavy atom. The van der Waals surface area contributed by atoms with Crippen molar-refractivity contribution in [3.8, 4) is 17.2 Å². The number of amides is 1. The number of nitriles is 1. The lowest BCUT2D eigenvalue weighted by Gasteiger charge is -2.24. The standard InChI is InChI=1S/C22H21FN2O4/c1-22(2,3)29-21(27)25-11-17-15(7-8-19(23)18(17)12-25)14-6-5-13(10-24)9-16(14)20(26)28-4/h5-9H,11-12H2,1-4H3. The highest BCUT2D eigenvalue weighted by molar-refractivity contribution is 5.98. The monoisotopic (exact) mass is 396 g/mol. The zero-order valence-electron chi connectivity index (χ0n) is 16.7. The number of esters is 1. The molecule has 0 aromatic heterocycles. The molecule has 29 heavy (non-hydrogen) atoms. The maximum atomic E-state index is 14.5. The molecule has 3 rings (SSSR count). The van der Waals surface area contributed by atoms with Crippen LogP contribution < -0.4 is 0 Å². The van der Waals surface area contributed by atoms with Crippen LogP contribution in [-0.2, 0) is 22.6 Å². The van der Waals surface area contributed by atoms with Gasteiger partial charge in [-0.15, -0.1) is 0 Å². The molecule has 0 radical (unpaired) electrons. The molecule has 0 aliphatic carbocycles. The summed E-state index contributed by atoms with van der Waals surface area (Å²) in [7, 11) is 1.25. The van der Waals surface area contributed by atoms with Crippen LogP contribution >= 0.6 is 0 Å². The number of halogens is 1. The topological polar surface area (TPSA) is 79.6 Å². The number of hydrogen-bond acceptors (Lipinski definition) is 5. The lowest BCUT2D eigenvalue weighted by molar-refractivity contribution is 0.0241. The van der Waals surface area contributed by atoms with E-state index in [2.05, 4.69) is 0 Å². The van der Waals surface area contributed by atoms with E-state index in [0.29, 0.717) is 27.8 Å². The summed E-state index contributed by atoms with van der Waals surface area (Å²) in [6.45, 7) is 5.52. The maximum absolute atomic E-state index is 14.5. The van der Waals surface area contributed by atoms with E-state index in [4.69, 9.17) is 14.7 Å². The maximum Gasteiger partial charge on any atom is 0.410 e. The largest absolute Gasteiger partial charge is 0.465 e. The highest BCUT2D eigenvalue weighted by atomic mass is 19.1. The molecule has 1 aliphatic heterocycles. The third kappa shape index (κ3) is 4.06. The van der Waals surface area contributed by atoms with E-state index in [9.17, 15) is 14.0 Å². The summed E-state index contributed by atoms with van der Waals surface area (Å²) in [6, 6.07) is 9.53. The fourth-order valence-electron chi connectivity index (χ4n) is 3.29. The van der Waals surface area contributed by atoms with E-state index in [1.54, 1.807) is 39.0 Å². The van der Waals surface area contributed by atoms with Gasteiger partial charge in [-0.2, -0.15) is 5.26 Å². The van der Waals surface area contributed by atoms with Crippen LogP contribution in [0.5, 0.6) is 0 Å². The minimum atomic E-state index is -0.668. The van der Waals surface area contributed by atoms with Gasteiger partial charge in [0.1, 0.15) is 11.4 Å². The minimum absolute atomic E-state index is 0.0771. The quantitative estimate of drug-likeness (QED) is 0.703. The van der Waals surface area contributed by atoms with E-state index in [0.717, 1.165) is 0 Å². The zero-order valence-corrected chi connectivity index (χ0v) is 16.7. The third-order valence-electron chi connectivity index (χ3n) is 4.57. The number of fused-ring (bicyclic) bond motifs is 1. The number of rotatable bonds is 2. The highest BCUT2D eigenvalue weighted by Crippen LogP contribution is 2.37. The molecule has 0 saturated carbocycles. The molecule has 2 aromatic carbocycles. The normalized spacial score (nSPS) is 12.9. The van der Waals surface area contributed by atoms with Crippen molar-refractivity contribution in [1.29, 1.82) is 5.26 Å². The second kappa shape index (κ2) is 7.55. The fraction of sp³-hybridized carbons (Fsp3) is 0.318. The first-order valence-corrected chi connectivity index (χ1v) is 9.05. The number of benzene rings is 2. The first-order chi connectivity index (χ1) is 13.6. The molecule has 150 valence electrons. The summed E-state index contributed by atoms with van der Waals surface area (Å²) in [6.07, 6.45) is -0.535. The predicted octanol–water partition coefficient (Wildman–Crippen LogP) is 4.40. The predicted molar refractivity (Wildman–Crippen MR) is 103 cm³/mol. The Morgan fingerprint density at radius 3 is 2.38 bits per heavy atom. The van der Waals surface area contributed by atoms with Gasteiger partial charge in [-0.05, 0) is 55.7 Å². The lowest BCUT2D eigenvalue weighted by atomic mass is 9.92. The molecule has 0 saturated heterocycles. The summed E-state index contributed by atoms with van der Waals surface area (Å²) < 4.78 is 24.7. The minimum Gasteiger partial charge on any atom is -0.465 e. The van der Waals surface area contributed by atoms with E-state index in [1.807, 2.05) is 6.07 Å². The Kier molecular flexibility index (Phi) is 5.29. The number of ether oxygens (including phenoxy) is 2. The number of carbonyl (C=O) groups excluding carboxylic acids is 2. The van der Waals surface area contributed by atoms with E-state index in [-0.39, 0.29) is 18.7 Å². The van der Waals surface area contributed by atoms with Crippen LogP contribution in [0, 0.1) is 17.1 Å². The van der Waals surface area contributed by atoms with Crippen molar-refractivity contribution in [2.24, 2.45) is 0 Å². The number of carbonyl (C=O) groups is 2. The molecular weight excluding hydrogens is 375 g/mol. The molecule has 0 N–H and O–H groups in total. The smallest absolute Gasteiger partial charge is 0.410 e. The number of methoxy groups -OCH3 is 1. The second-order valence-electron chi connectivity index (χ2n) is 7.75. The summed E-state index contributed by atoms with van der Waals surface area (Å²) in [5.41, 5.74) is 1.95. The molecule has 0 bridgehead atoms. The molecule has 7 heteroatoms. The summed E-state index contributed by atoms with van der Waals surface area (Å²) in [4.78, 5) is 26.2. The summed E-state index contributed by atoms with van der Waals surface area (Å²) >= 11 is 0. The first kappa shape index (κ1) is 20.3. The van der Waals surface area contributed by atoms with Gasteiger partial charge in [-0.1, -0.05) is 12.1 Å².